The topological polar surface area (TPSA) is 76.4 Å². The number of hydrogen-bond donors (Lipinski definition) is 2. The van der Waals surface area contributed by atoms with E-state index in [-0.39, 0.29) is 5.88 Å². The van der Waals surface area contributed by atoms with Gasteiger partial charge in [0.05, 0.1) is 12.2 Å². The lowest BCUT2D eigenvalue weighted by Gasteiger charge is -2.12. The molecular formula is C19H27F3N6O. The summed E-state index contributed by atoms with van der Waals surface area (Å²) in [6.07, 6.45) is -2.03. The number of aromatic nitrogens is 3. The first-order valence-corrected chi connectivity index (χ1v) is 9.44. The van der Waals surface area contributed by atoms with E-state index >= 15 is 0 Å². The quantitative estimate of drug-likeness (QED) is 0.376. The zero-order valence-corrected chi connectivity index (χ0v) is 16.9. The van der Waals surface area contributed by atoms with E-state index in [1.807, 2.05) is 31.5 Å². The van der Waals surface area contributed by atoms with Crippen LogP contribution in [0.4, 0.5) is 13.2 Å². The largest absolute Gasteiger partial charge is 0.468 e. The number of pyridine rings is 1. The predicted octanol–water partition coefficient (Wildman–Crippen LogP) is 2.98. The summed E-state index contributed by atoms with van der Waals surface area (Å²) in [5.41, 5.74) is 2.91. The Kier molecular flexibility index (Phi) is 8.29. The normalized spacial score (nSPS) is 12.1. The van der Waals surface area contributed by atoms with Gasteiger partial charge in [-0.25, -0.2) is 9.98 Å². The average Bonchev–Trinajstić information content (AvgIpc) is 2.98. The van der Waals surface area contributed by atoms with Crippen LogP contribution in [0.5, 0.6) is 5.88 Å². The minimum Gasteiger partial charge on any atom is -0.468 e. The van der Waals surface area contributed by atoms with Crippen LogP contribution >= 0.6 is 0 Å². The first-order valence-electron chi connectivity index (χ1n) is 9.44. The standard InChI is InChI=1S/C19H27F3N6O/c1-4-23-18(24-8-5-9-28-15(3)10-14(2)27-28)26-12-16-6-7-17(25-11-16)29-13-19(20,21)22/h6-7,10-11H,4-5,8-9,12-13H2,1-3H3,(H2,23,24,26). The number of aryl methyl sites for hydroxylation is 3. The van der Waals surface area contributed by atoms with Gasteiger partial charge in [-0.3, -0.25) is 4.68 Å². The van der Waals surface area contributed by atoms with Crippen LogP contribution in [-0.4, -0.2) is 46.6 Å². The van der Waals surface area contributed by atoms with Crippen molar-refractivity contribution in [3.05, 3.63) is 41.3 Å². The molecule has 29 heavy (non-hydrogen) atoms. The molecule has 0 spiro atoms. The Morgan fingerprint density at radius 1 is 1.24 bits per heavy atom. The highest BCUT2D eigenvalue weighted by molar-refractivity contribution is 5.79. The summed E-state index contributed by atoms with van der Waals surface area (Å²) in [6, 6.07) is 5.10. The third-order valence-corrected chi connectivity index (χ3v) is 3.89. The van der Waals surface area contributed by atoms with Crippen LogP contribution in [0.25, 0.3) is 0 Å². The molecule has 0 radical (unpaired) electrons. The first kappa shape index (κ1) is 22.5. The van der Waals surface area contributed by atoms with Crippen LogP contribution in [0.15, 0.2) is 29.4 Å². The van der Waals surface area contributed by atoms with Gasteiger partial charge in [0.15, 0.2) is 12.6 Å². The summed E-state index contributed by atoms with van der Waals surface area (Å²) in [5, 5.41) is 10.9. The summed E-state index contributed by atoms with van der Waals surface area (Å²) in [6.45, 7) is 7.23. The maximum absolute atomic E-state index is 12.2. The lowest BCUT2D eigenvalue weighted by Crippen LogP contribution is -2.38. The summed E-state index contributed by atoms with van der Waals surface area (Å²) >= 11 is 0. The van der Waals surface area contributed by atoms with Crippen LogP contribution in [0.3, 0.4) is 0 Å². The Labute approximate surface area is 168 Å². The molecule has 0 bridgehead atoms. The highest BCUT2D eigenvalue weighted by atomic mass is 19.4. The van der Waals surface area contributed by atoms with Crippen molar-refractivity contribution in [1.82, 2.24) is 25.4 Å². The lowest BCUT2D eigenvalue weighted by atomic mass is 10.3. The SMILES string of the molecule is CCNC(=NCc1ccc(OCC(F)(F)F)nc1)NCCCn1nc(C)cc1C. The molecule has 2 aromatic heterocycles. The number of nitrogens with one attached hydrogen (secondary N) is 2. The molecular weight excluding hydrogens is 385 g/mol. The van der Waals surface area contributed by atoms with Crippen molar-refractivity contribution in [3.8, 4) is 5.88 Å². The maximum atomic E-state index is 12.2. The molecule has 2 aromatic rings. The predicted molar refractivity (Wildman–Crippen MR) is 105 cm³/mol. The van der Waals surface area contributed by atoms with Gasteiger partial charge in [-0.2, -0.15) is 18.3 Å². The number of guanidine groups is 1. The van der Waals surface area contributed by atoms with Crippen molar-refractivity contribution in [3.63, 3.8) is 0 Å². The second-order valence-corrected chi connectivity index (χ2v) is 6.53. The highest BCUT2D eigenvalue weighted by Crippen LogP contribution is 2.17. The first-order chi connectivity index (χ1) is 13.8. The fraction of sp³-hybridized carbons (Fsp3) is 0.526. The van der Waals surface area contributed by atoms with E-state index in [2.05, 4.69) is 30.4 Å². The van der Waals surface area contributed by atoms with Crippen LogP contribution in [0, 0.1) is 13.8 Å². The summed E-state index contributed by atoms with van der Waals surface area (Å²) in [7, 11) is 0. The van der Waals surface area contributed by atoms with E-state index in [4.69, 9.17) is 0 Å². The van der Waals surface area contributed by atoms with Gasteiger partial charge in [-0.1, -0.05) is 6.07 Å². The molecule has 10 heteroatoms. The molecule has 2 rings (SSSR count). The minimum atomic E-state index is -4.38. The molecule has 7 nitrogen and oxygen atoms in total. The Morgan fingerprint density at radius 3 is 2.62 bits per heavy atom. The van der Waals surface area contributed by atoms with E-state index in [1.165, 1.54) is 12.3 Å². The second-order valence-electron chi connectivity index (χ2n) is 6.53. The van der Waals surface area contributed by atoms with Crippen molar-refractivity contribution in [2.45, 2.75) is 46.5 Å². The van der Waals surface area contributed by atoms with Gasteiger partial charge in [-0.05, 0) is 38.8 Å². The van der Waals surface area contributed by atoms with Crippen LogP contribution < -0.4 is 15.4 Å². The van der Waals surface area contributed by atoms with Crippen molar-refractivity contribution in [2.24, 2.45) is 4.99 Å². The third-order valence-electron chi connectivity index (χ3n) is 3.89. The maximum Gasteiger partial charge on any atom is 0.422 e. The number of hydrogen-bond acceptors (Lipinski definition) is 4. The molecule has 0 aliphatic heterocycles. The zero-order chi connectivity index (χ0) is 21.3. The van der Waals surface area contributed by atoms with E-state index in [0.29, 0.717) is 19.0 Å². The molecule has 0 saturated heterocycles. The summed E-state index contributed by atoms with van der Waals surface area (Å²) in [5.74, 6) is 0.600. The molecule has 0 aliphatic rings. The van der Waals surface area contributed by atoms with E-state index in [1.54, 1.807) is 6.07 Å². The van der Waals surface area contributed by atoms with Crippen molar-refractivity contribution in [1.29, 1.82) is 0 Å². The molecule has 2 heterocycles. The lowest BCUT2D eigenvalue weighted by molar-refractivity contribution is -0.154. The van der Waals surface area contributed by atoms with Gasteiger partial charge in [0.1, 0.15) is 0 Å². The Bertz CT molecular complexity index is 786. The Morgan fingerprint density at radius 2 is 2.03 bits per heavy atom. The second kappa shape index (κ2) is 10.7. The Balaban J connectivity index is 1.80. The number of ether oxygens (including phenoxy) is 1. The molecule has 0 aliphatic carbocycles. The molecule has 0 fully saturated rings. The molecule has 0 aromatic carbocycles. The van der Waals surface area contributed by atoms with Gasteiger partial charge in [0, 0.05) is 37.6 Å². The van der Waals surface area contributed by atoms with Crippen molar-refractivity contribution < 1.29 is 17.9 Å². The van der Waals surface area contributed by atoms with Gasteiger partial charge in [0.25, 0.3) is 0 Å². The molecule has 0 saturated carbocycles. The average molecular weight is 412 g/mol. The number of alkyl halides is 3. The van der Waals surface area contributed by atoms with Crippen LogP contribution in [0.2, 0.25) is 0 Å². The van der Waals surface area contributed by atoms with Crippen molar-refractivity contribution in [2.75, 3.05) is 19.7 Å². The van der Waals surface area contributed by atoms with E-state index in [0.717, 1.165) is 36.5 Å². The number of nitrogens with zero attached hydrogens (tertiary/aromatic N) is 4. The van der Waals surface area contributed by atoms with Gasteiger partial charge >= 0.3 is 6.18 Å². The number of rotatable bonds is 9. The molecule has 0 atom stereocenters. The van der Waals surface area contributed by atoms with Gasteiger partial charge < -0.3 is 15.4 Å². The van der Waals surface area contributed by atoms with Gasteiger partial charge in [0.2, 0.25) is 5.88 Å². The van der Waals surface area contributed by atoms with E-state index in [9.17, 15) is 13.2 Å². The summed E-state index contributed by atoms with van der Waals surface area (Å²) < 4.78 is 43.1. The smallest absolute Gasteiger partial charge is 0.422 e. The highest BCUT2D eigenvalue weighted by Gasteiger charge is 2.28. The Hall–Kier alpha value is -2.78. The van der Waals surface area contributed by atoms with Crippen LogP contribution in [0.1, 0.15) is 30.3 Å². The summed E-state index contributed by atoms with van der Waals surface area (Å²) in [4.78, 5) is 8.36. The monoisotopic (exact) mass is 412 g/mol. The zero-order valence-electron chi connectivity index (χ0n) is 16.9. The molecule has 0 unspecified atom stereocenters. The molecule has 2 N–H and O–H groups in total. The van der Waals surface area contributed by atoms with Crippen LogP contribution in [-0.2, 0) is 13.1 Å². The number of aliphatic imine (C=N–C) groups is 1. The molecule has 0 amide bonds. The van der Waals surface area contributed by atoms with Crippen molar-refractivity contribution >= 4 is 5.96 Å². The number of halogens is 3. The van der Waals surface area contributed by atoms with E-state index < -0.39 is 12.8 Å². The third kappa shape index (κ3) is 8.41. The minimum absolute atomic E-state index is 0.0655. The fourth-order valence-corrected chi connectivity index (χ4v) is 2.59. The molecule has 160 valence electrons. The fourth-order valence-electron chi connectivity index (χ4n) is 2.59. The van der Waals surface area contributed by atoms with Gasteiger partial charge in [-0.15, -0.1) is 0 Å².